The molecule has 0 radical (unpaired) electrons. The summed E-state index contributed by atoms with van der Waals surface area (Å²) in [7, 11) is 2.48. The number of aromatic nitrogens is 1. The van der Waals surface area contributed by atoms with Crippen molar-refractivity contribution in [2.45, 2.75) is 12.8 Å². The Labute approximate surface area is 174 Å². The first-order valence-corrected chi connectivity index (χ1v) is 8.75. The normalized spacial score (nSPS) is 10.4. The molecule has 0 aliphatic rings. The molecule has 1 heterocycles. The highest BCUT2D eigenvalue weighted by atomic mass is 16.5. The Kier molecular flexibility index (Phi) is 7.08. The lowest BCUT2D eigenvalue weighted by Gasteiger charge is -2.19. The van der Waals surface area contributed by atoms with Gasteiger partial charge in [0.15, 0.2) is 0 Å². The van der Waals surface area contributed by atoms with Crippen LogP contribution in [0.1, 0.15) is 33.6 Å². The largest absolute Gasteiger partial charge is 0.496 e. The van der Waals surface area contributed by atoms with Gasteiger partial charge in [-0.2, -0.15) is 0 Å². The smallest absolute Gasteiger partial charge is 0.342 e. The van der Waals surface area contributed by atoms with Gasteiger partial charge in [-0.15, -0.1) is 0 Å². The van der Waals surface area contributed by atoms with E-state index in [2.05, 4.69) is 0 Å². The highest BCUT2D eigenvalue weighted by molar-refractivity contribution is 6.09. The lowest BCUT2D eigenvalue weighted by molar-refractivity contribution is -0.137. The van der Waals surface area contributed by atoms with Crippen LogP contribution in [-0.4, -0.2) is 59.0 Å². The number of nitrogens with two attached hydrogens (primary N) is 1. The molecule has 12 nitrogen and oxygen atoms in total. The SMILES string of the molecule is COc1cc(OCCCC(=O)O)cc(OC)c1-c1c(C(=O)O)c(N)[nH]c(=O)c1C(=O)O. The minimum absolute atomic E-state index is 0.0522. The van der Waals surface area contributed by atoms with Crippen LogP contribution in [0.15, 0.2) is 16.9 Å². The van der Waals surface area contributed by atoms with E-state index in [1.54, 1.807) is 0 Å². The number of carbonyl (C=O) groups is 3. The molecule has 2 rings (SSSR count). The number of aromatic carboxylic acids is 2. The third kappa shape index (κ3) is 4.86. The fraction of sp³-hybridized carbons (Fsp3) is 0.263. The van der Waals surface area contributed by atoms with Gasteiger partial charge in [0.05, 0.1) is 26.4 Å². The summed E-state index contributed by atoms with van der Waals surface area (Å²) in [5.41, 5.74) is 2.42. The molecular weight excluding hydrogens is 416 g/mol. The molecule has 1 aromatic carbocycles. The summed E-state index contributed by atoms with van der Waals surface area (Å²) in [6.07, 6.45) is 0.112. The molecule has 166 valence electrons. The van der Waals surface area contributed by atoms with E-state index in [1.807, 2.05) is 4.98 Å². The third-order valence-corrected chi connectivity index (χ3v) is 4.21. The zero-order valence-corrected chi connectivity index (χ0v) is 16.6. The van der Waals surface area contributed by atoms with Crippen molar-refractivity contribution in [3.63, 3.8) is 0 Å². The van der Waals surface area contributed by atoms with Gasteiger partial charge in [0.2, 0.25) is 0 Å². The predicted octanol–water partition coefficient (Wildman–Crippen LogP) is 1.28. The molecule has 0 amide bonds. The molecule has 0 fully saturated rings. The van der Waals surface area contributed by atoms with Gasteiger partial charge in [0, 0.05) is 24.1 Å². The van der Waals surface area contributed by atoms with Crippen molar-refractivity contribution in [3.05, 3.63) is 33.6 Å². The molecule has 0 saturated carbocycles. The quantitative estimate of drug-likeness (QED) is 0.336. The Hall–Kier alpha value is -4.22. The van der Waals surface area contributed by atoms with Crippen molar-refractivity contribution in [1.29, 1.82) is 0 Å². The fourth-order valence-corrected chi connectivity index (χ4v) is 2.93. The zero-order chi connectivity index (χ0) is 23.3. The number of rotatable bonds is 10. The third-order valence-electron chi connectivity index (χ3n) is 4.21. The summed E-state index contributed by atoms with van der Waals surface area (Å²) in [5.74, 6) is -4.71. The van der Waals surface area contributed by atoms with Crippen LogP contribution in [0.5, 0.6) is 17.2 Å². The monoisotopic (exact) mass is 436 g/mol. The standard InChI is InChI=1S/C19H20N2O10/c1-29-9-6-8(31-5-3-4-11(22)23)7-10(30-2)12(9)13-14(18(25)26)16(20)21-17(24)15(13)19(27)28/h6-7H,3-5H2,1-2H3,(H,22,23)(H,25,26)(H,27,28)(H3,20,21,24). The molecule has 2 aromatic rings. The molecule has 0 unspecified atom stereocenters. The maximum atomic E-state index is 12.3. The molecule has 12 heteroatoms. The van der Waals surface area contributed by atoms with E-state index in [-0.39, 0.29) is 42.3 Å². The number of nitrogen functional groups attached to an aromatic ring is 1. The highest BCUT2D eigenvalue weighted by Gasteiger charge is 2.31. The van der Waals surface area contributed by atoms with Gasteiger partial charge in [-0.3, -0.25) is 9.59 Å². The van der Waals surface area contributed by atoms with Crippen LogP contribution in [0.3, 0.4) is 0 Å². The van der Waals surface area contributed by atoms with E-state index in [9.17, 15) is 29.4 Å². The van der Waals surface area contributed by atoms with Crippen molar-refractivity contribution in [1.82, 2.24) is 4.98 Å². The van der Waals surface area contributed by atoms with Gasteiger partial charge < -0.3 is 40.2 Å². The Balaban J connectivity index is 2.76. The first-order chi connectivity index (χ1) is 14.6. The summed E-state index contributed by atoms with van der Waals surface area (Å²) in [5, 5.41) is 27.9. The van der Waals surface area contributed by atoms with Crippen molar-refractivity contribution in [3.8, 4) is 28.4 Å². The number of H-pyrrole nitrogens is 1. The molecule has 0 aliphatic carbocycles. The summed E-state index contributed by atoms with van der Waals surface area (Å²) >= 11 is 0. The predicted molar refractivity (Wildman–Crippen MR) is 106 cm³/mol. The number of aromatic amines is 1. The number of pyridine rings is 1. The van der Waals surface area contributed by atoms with E-state index in [0.29, 0.717) is 0 Å². The number of hydrogen-bond donors (Lipinski definition) is 5. The summed E-state index contributed by atoms with van der Waals surface area (Å²) in [4.78, 5) is 48.5. The van der Waals surface area contributed by atoms with Crippen molar-refractivity contribution < 1.29 is 43.9 Å². The van der Waals surface area contributed by atoms with Gasteiger partial charge >= 0.3 is 17.9 Å². The Morgan fingerprint density at radius 1 is 0.968 bits per heavy atom. The van der Waals surface area contributed by atoms with E-state index < -0.39 is 46.0 Å². The zero-order valence-electron chi connectivity index (χ0n) is 16.6. The topological polar surface area (TPSA) is 198 Å². The van der Waals surface area contributed by atoms with E-state index in [0.717, 1.165) is 0 Å². The van der Waals surface area contributed by atoms with Crippen LogP contribution in [0.25, 0.3) is 11.1 Å². The number of carboxylic acid groups (broad SMARTS) is 3. The number of aliphatic carboxylic acids is 1. The first-order valence-electron chi connectivity index (χ1n) is 8.75. The number of ether oxygens (including phenoxy) is 3. The van der Waals surface area contributed by atoms with Crippen molar-refractivity contribution >= 4 is 23.7 Å². The second-order valence-corrected chi connectivity index (χ2v) is 6.15. The number of benzene rings is 1. The highest BCUT2D eigenvalue weighted by Crippen LogP contribution is 2.44. The molecule has 0 aliphatic heterocycles. The molecule has 0 atom stereocenters. The van der Waals surface area contributed by atoms with Crippen LogP contribution in [-0.2, 0) is 4.79 Å². The Bertz CT molecular complexity index is 1060. The summed E-state index contributed by atoms with van der Waals surface area (Å²) in [6.45, 7) is 0.0522. The lowest BCUT2D eigenvalue weighted by Crippen LogP contribution is -2.24. The average Bonchev–Trinajstić information content (AvgIpc) is 2.68. The van der Waals surface area contributed by atoms with Gasteiger partial charge in [-0.1, -0.05) is 0 Å². The minimum atomic E-state index is -1.68. The molecule has 0 spiro atoms. The molecule has 0 bridgehead atoms. The van der Waals surface area contributed by atoms with E-state index >= 15 is 0 Å². The lowest BCUT2D eigenvalue weighted by atomic mass is 9.93. The molecule has 31 heavy (non-hydrogen) atoms. The van der Waals surface area contributed by atoms with Crippen LogP contribution in [0.4, 0.5) is 5.82 Å². The van der Waals surface area contributed by atoms with Crippen LogP contribution >= 0.6 is 0 Å². The van der Waals surface area contributed by atoms with Gasteiger partial charge in [-0.25, -0.2) is 9.59 Å². The van der Waals surface area contributed by atoms with Gasteiger partial charge in [-0.05, 0) is 6.42 Å². The van der Waals surface area contributed by atoms with Crippen LogP contribution < -0.4 is 25.5 Å². The molecular formula is C19H20N2O10. The number of hydrogen-bond acceptors (Lipinski definition) is 8. The summed E-state index contributed by atoms with van der Waals surface area (Å²) in [6, 6.07) is 2.65. The van der Waals surface area contributed by atoms with E-state index in [1.165, 1.54) is 26.4 Å². The van der Waals surface area contributed by atoms with Crippen LogP contribution in [0, 0.1) is 0 Å². The Morgan fingerprint density at radius 3 is 1.97 bits per heavy atom. The Morgan fingerprint density at radius 2 is 1.52 bits per heavy atom. The van der Waals surface area contributed by atoms with Gasteiger partial charge in [0.25, 0.3) is 5.56 Å². The van der Waals surface area contributed by atoms with Crippen molar-refractivity contribution in [2.24, 2.45) is 0 Å². The van der Waals surface area contributed by atoms with E-state index in [4.69, 9.17) is 25.1 Å². The molecule has 6 N–H and O–H groups in total. The number of nitrogens with one attached hydrogen (secondary N) is 1. The number of methoxy groups -OCH3 is 2. The molecule has 1 aromatic heterocycles. The fourth-order valence-electron chi connectivity index (χ4n) is 2.93. The van der Waals surface area contributed by atoms with Crippen LogP contribution in [0.2, 0.25) is 0 Å². The second kappa shape index (κ2) is 9.52. The summed E-state index contributed by atoms with van der Waals surface area (Å²) < 4.78 is 16.1. The maximum absolute atomic E-state index is 12.3. The first kappa shape index (κ1) is 23.1. The maximum Gasteiger partial charge on any atom is 0.342 e. The number of carboxylic acids is 3. The number of anilines is 1. The van der Waals surface area contributed by atoms with Crippen molar-refractivity contribution in [2.75, 3.05) is 26.6 Å². The van der Waals surface area contributed by atoms with Gasteiger partial charge in [0.1, 0.15) is 34.2 Å². The second-order valence-electron chi connectivity index (χ2n) is 6.15. The molecule has 0 saturated heterocycles. The minimum Gasteiger partial charge on any atom is -0.496 e. The average molecular weight is 436 g/mol.